The Morgan fingerprint density at radius 3 is 2.78 bits per heavy atom. The van der Waals surface area contributed by atoms with Crippen LogP contribution in [0.3, 0.4) is 0 Å². The molecule has 8 heteroatoms. The third-order valence-electron chi connectivity index (χ3n) is 4.00. The van der Waals surface area contributed by atoms with Crippen LogP contribution >= 0.6 is 23.4 Å². The zero-order valence-corrected chi connectivity index (χ0v) is 16.7. The average molecular weight is 403 g/mol. The first-order chi connectivity index (χ1) is 13.0. The van der Waals surface area contributed by atoms with E-state index in [1.54, 1.807) is 25.3 Å². The summed E-state index contributed by atoms with van der Waals surface area (Å²) in [6, 6.07) is 11.1. The van der Waals surface area contributed by atoms with Crippen LogP contribution in [-0.2, 0) is 4.79 Å². The number of nitrogens with zero attached hydrogens (tertiary/aromatic N) is 2. The van der Waals surface area contributed by atoms with Crippen LogP contribution in [0, 0.1) is 13.8 Å². The van der Waals surface area contributed by atoms with Gasteiger partial charge in [-0.05, 0) is 55.3 Å². The Balaban J connectivity index is 1.63. The number of rotatable bonds is 6. The van der Waals surface area contributed by atoms with Crippen LogP contribution in [0.5, 0.6) is 5.75 Å². The Morgan fingerprint density at radius 2 is 2.04 bits per heavy atom. The lowest BCUT2D eigenvalue weighted by molar-refractivity contribution is -0.113. The van der Waals surface area contributed by atoms with Gasteiger partial charge in [0, 0.05) is 10.7 Å². The molecule has 0 atom stereocenters. The molecule has 2 N–H and O–H groups in total. The minimum Gasteiger partial charge on any atom is -0.496 e. The normalized spacial score (nSPS) is 10.7. The summed E-state index contributed by atoms with van der Waals surface area (Å²) in [5, 5.41) is 10.9. The van der Waals surface area contributed by atoms with Gasteiger partial charge in [0.1, 0.15) is 5.75 Å². The van der Waals surface area contributed by atoms with Crippen LogP contribution in [0.2, 0.25) is 5.02 Å². The third-order valence-corrected chi connectivity index (χ3v) is 5.09. The van der Waals surface area contributed by atoms with Gasteiger partial charge in [0.25, 0.3) is 0 Å². The smallest absolute Gasteiger partial charge is 0.234 e. The molecule has 2 aromatic carbocycles. The van der Waals surface area contributed by atoms with E-state index >= 15 is 0 Å². The minimum absolute atomic E-state index is 0.116. The van der Waals surface area contributed by atoms with Crippen molar-refractivity contribution < 1.29 is 9.53 Å². The van der Waals surface area contributed by atoms with Crippen molar-refractivity contribution in [1.29, 1.82) is 0 Å². The zero-order valence-electron chi connectivity index (χ0n) is 15.2. The topological polar surface area (TPSA) is 79.9 Å². The summed E-state index contributed by atoms with van der Waals surface area (Å²) >= 11 is 7.30. The molecule has 0 aliphatic rings. The number of ether oxygens (including phenoxy) is 1. The second-order valence-electron chi connectivity index (χ2n) is 5.95. The summed E-state index contributed by atoms with van der Waals surface area (Å²) in [6.07, 6.45) is 0. The Hall–Kier alpha value is -2.51. The number of methoxy groups -OCH3 is 1. The molecule has 3 aromatic rings. The summed E-state index contributed by atoms with van der Waals surface area (Å²) < 4.78 is 5.33. The van der Waals surface area contributed by atoms with Crippen molar-refractivity contribution in [2.24, 2.45) is 0 Å². The molecule has 0 saturated carbocycles. The fourth-order valence-corrected chi connectivity index (χ4v) is 3.21. The number of aromatic amines is 1. The number of H-pyrrole nitrogens is 1. The van der Waals surface area contributed by atoms with Crippen molar-refractivity contribution in [2.75, 3.05) is 18.2 Å². The molecule has 1 heterocycles. The highest BCUT2D eigenvalue weighted by Gasteiger charge is 2.13. The van der Waals surface area contributed by atoms with E-state index in [4.69, 9.17) is 16.3 Å². The van der Waals surface area contributed by atoms with Crippen molar-refractivity contribution in [3.63, 3.8) is 0 Å². The Bertz CT molecular complexity index is 974. The Morgan fingerprint density at radius 1 is 1.22 bits per heavy atom. The van der Waals surface area contributed by atoms with Gasteiger partial charge in [-0.2, -0.15) is 0 Å². The number of amides is 1. The number of hydrogen-bond donors (Lipinski definition) is 2. The molecule has 1 amide bonds. The molecule has 1 aromatic heterocycles. The maximum atomic E-state index is 12.2. The van der Waals surface area contributed by atoms with Gasteiger partial charge in [-0.15, -0.1) is 5.10 Å². The fourth-order valence-electron chi connectivity index (χ4n) is 2.44. The van der Waals surface area contributed by atoms with Crippen LogP contribution in [0.25, 0.3) is 11.4 Å². The standard InChI is InChI=1S/C19H19ClN4O2S/c1-11-4-6-14(8-12(11)2)21-17(25)10-27-19-22-18(23-24-19)15-9-13(20)5-7-16(15)26-3/h4-9H,10H2,1-3H3,(H,21,25)(H,22,23,24). The molecular formula is C19H19ClN4O2S. The van der Waals surface area contributed by atoms with Gasteiger partial charge in [-0.1, -0.05) is 29.4 Å². The monoisotopic (exact) mass is 402 g/mol. The van der Waals surface area contributed by atoms with E-state index in [0.717, 1.165) is 11.3 Å². The molecule has 3 rings (SSSR count). The molecule has 0 radical (unpaired) electrons. The maximum absolute atomic E-state index is 12.2. The number of carbonyl (C=O) groups excluding carboxylic acids is 1. The highest BCUT2D eigenvalue weighted by atomic mass is 35.5. The highest BCUT2D eigenvalue weighted by molar-refractivity contribution is 7.99. The van der Waals surface area contributed by atoms with Crippen LogP contribution in [0.15, 0.2) is 41.6 Å². The van der Waals surface area contributed by atoms with E-state index in [0.29, 0.717) is 27.3 Å². The van der Waals surface area contributed by atoms with Crippen LogP contribution in [-0.4, -0.2) is 34.0 Å². The average Bonchev–Trinajstić information content (AvgIpc) is 3.12. The molecule has 0 saturated heterocycles. The molecule has 0 fully saturated rings. The quantitative estimate of drug-likeness (QED) is 0.594. The van der Waals surface area contributed by atoms with Gasteiger partial charge in [-0.25, -0.2) is 4.98 Å². The Kier molecular flexibility index (Phi) is 6.03. The summed E-state index contributed by atoms with van der Waals surface area (Å²) in [4.78, 5) is 16.6. The summed E-state index contributed by atoms with van der Waals surface area (Å²) in [6.45, 7) is 4.05. The summed E-state index contributed by atoms with van der Waals surface area (Å²) in [5.74, 6) is 1.26. The zero-order chi connectivity index (χ0) is 19.4. The van der Waals surface area contributed by atoms with E-state index in [1.165, 1.54) is 17.3 Å². The first kappa shape index (κ1) is 19.3. The predicted octanol–water partition coefficient (Wildman–Crippen LogP) is 4.48. The van der Waals surface area contributed by atoms with E-state index in [-0.39, 0.29) is 11.7 Å². The molecule has 0 aliphatic heterocycles. The van der Waals surface area contributed by atoms with E-state index in [2.05, 4.69) is 20.5 Å². The number of nitrogens with one attached hydrogen (secondary N) is 2. The third kappa shape index (κ3) is 4.81. The second kappa shape index (κ2) is 8.45. The summed E-state index contributed by atoms with van der Waals surface area (Å²) in [7, 11) is 1.58. The van der Waals surface area contributed by atoms with Gasteiger partial charge in [0.15, 0.2) is 5.82 Å². The number of anilines is 1. The summed E-state index contributed by atoms with van der Waals surface area (Å²) in [5.41, 5.74) is 3.81. The number of hydrogen-bond acceptors (Lipinski definition) is 5. The van der Waals surface area contributed by atoms with Gasteiger partial charge in [-0.3, -0.25) is 9.89 Å². The molecular weight excluding hydrogens is 384 g/mol. The minimum atomic E-state index is -0.116. The van der Waals surface area contributed by atoms with E-state index in [1.807, 2.05) is 32.0 Å². The van der Waals surface area contributed by atoms with Gasteiger partial charge in [0.2, 0.25) is 11.1 Å². The fraction of sp³-hybridized carbons (Fsp3) is 0.211. The molecule has 0 aliphatic carbocycles. The molecule has 0 unspecified atom stereocenters. The first-order valence-electron chi connectivity index (χ1n) is 8.22. The van der Waals surface area contributed by atoms with Crippen molar-refractivity contribution >= 4 is 35.0 Å². The number of aromatic nitrogens is 3. The van der Waals surface area contributed by atoms with Gasteiger partial charge < -0.3 is 10.1 Å². The predicted molar refractivity (Wildman–Crippen MR) is 109 cm³/mol. The SMILES string of the molecule is COc1ccc(Cl)cc1-c1nc(SCC(=O)Nc2ccc(C)c(C)c2)n[nH]1. The lowest BCUT2D eigenvalue weighted by Gasteiger charge is -2.07. The van der Waals surface area contributed by atoms with Crippen molar-refractivity contribution in [2.45, 2.75) is 19.0 Å². The lowest BCUT2D eigenvalue weighted by Crippen LogP contribution is -2.14. The molecule has 27 heavy (non-hydrogen) atoms. The van der Waals surface area contributed by atoms with E-state index < -0.39 is 0 Å². The number of thioether (sulfide) groups is 1. The molecule has 0 spiro atoms. The molecule has 140 valence electrons. The second-order valence-corrected chi connectivity index (χ2v) is 7.33. The Labute approximate surface area is 166 Å². The van der Waals surface area contributed by atoms with Crippen molar-refractivity contribution in [3.8, 4) is 17.1 Å². The molecule has 0 bridgehead atoms. The number of carbonyl (C=O) groups is 1. The van der Waals surface area contributed by atoms with Crippen LogP contribution < -0.4 is 10.1 Å². The van der Waals surface area contributed by atoms with Crippen molar-refractivity contribution in [3.05, 3.63) is 52.5 Å². The van der Waals surface area contributed by atoms with Crippen LogP contribution in [0.1, 0.15) is 11.1 Å². The first-order valence-corrected chi connectivity index (χ1v) is 9.59. The van der Waals surface area contributed by atoms with Gasteiger partial charge in [0.05, 0.1) is 18.4 Å². The number of aryl methyl sites for hydroxylation is 2. The van der Waals surface area contributed by atoms with E-state index in [9.17, 15) is 4.79 Å². The van der Waals surface area contributed by atoms with Crippen molar-refractivity contribution in [1.82, 2.24) is 15.2 Å². The number of halogens is 1. The lowest BCUT2D eigenvalue weighted by atomic mass is 10.1. The maximum Gasteiger partial charge on any atom is 0.234 e. The largest absolute Gasteiger partial charge is 0.496 e. The highest BCUT2D eigenvalue weighted by Crippen LogP contribution is 2.31. The number of benzene rings is 2. The van der Waals surface area contributed by atoms with Crippen LogP contribution in [0.4, 0.5) is 5.69 Å². The molecule has 6 nitrogen and oxygen atoms in total. The van der Waals surface area contributed by atoms with Gasteiger partial charge >= 0.3 is 0 Å².